The van der Waals surface area contributed by atoms with E-state index in [0.29, 0.717) is 22.8 Å². The molecule has 30 heavy (non-hydrogen) atoms. The van der Waals surface area contributed by atoms with Crippen LogP contribution in [0.4, 0.5) is 5.13 Å². The van der Waals surface area contributed by atoms with Crippen LogP contribution in [0.5, 0.6) is 0 Å². The highest BCUT2D eigenvalue weighted by Gasteiger charge is 2.55. The number of amides is 2. The average molecular weight is 454 g/mol. The van der Waals surface area contributed by atoms with Crippen molar-refractivity contribution in [1.29, 1.82) is 0 Å². The van der Waals surface area contributed by atoms with Gasteiger partial charge in [-0.05, 0) is 18.4 Å². The molecule has 3 atom stereocenters. The van der Waals surface area contributed by atoms with Crippen LogP contribution in [0.3, 0.4) is 0 Å². The fourth-order valence-electron chi connectivity index (χ4n) is 3.64. The highest BCUT2D eigenvalue weighted by molar-refractivity contribution is 8.00. The van der Waals surface area contributed by atoms with Crippen LogP contribution in [0.25, 0.3) is 0 Å². The number of hydrogen-bond acceptors (Lipinski definition) is 10. The monoisotopic (exact) mass is 453 g/mol. The smallest absolute Gasteiger partial charge is 0.352 e. The molecule has 11 nitrogen and oxygen atoms in total. The molecular weight excluding hydrogens is 434 g/mol. The second-order valence-corrected chi connectivity index (χ2v) is 8.89. The maximum Gasteiger partial charge on any atom is 0.352 e. The Hall–Kier alpha value is -2.64. The first-order valence-corrected chi connectivity index (χ1v) is 10.9. The Morgan fingerprint density at radius 3 is 2.90 bits per heavy atom. The largest absolute Gasteiger partial charge is 0.477 e. The summed E-state index contributed by atoms with van der Waals surface area (Å²) in [5.74, 6) is -1.89. The van der Waals surface area contributed by atoms with Crippen LogP contribution >= 0.6 is 23.1 Å². The van der Waals surface area contributed by atoms with Crippen LogP contribution in [-0.4, -0.2) is 75.5 Å². The summed E-state index contributed by atoms with van der Waals surface area (Å²) in [5.41, 5.74) is 6.12. The Balaban J connectivity index is 1.53. The zero-order valence-electron chi connectivity index (χ0n) is 15.9. The number of thioether (sulfide) groups is 1. The zero-order valence-corrected chi connectivity index (χ0v) is 17.5. The molecular formula is C17H19N5O6S2. The highest BCUT2D eigenvalue weighted by atomic mass is 32.2. The van der Waals surface area contributed by atoms with E-state index in [0.717, 1.165) is 24.2 Å². The summed E-state index contributed by atoms with van der Waals surface area (Å²) in [6, 6.07) is -0.879. The van der Waals surface area contributed by atoms with Crippen molar-refractivity contribution in [3.05, 3.63) is 22.3 Å². The lowest BCUT2D eigenvalue weighted by molar-refractivity contribution is -0.150. The van der Waals surface area contributed by atoms with Gasteiger partial charge in [-0.15, -0.1) is 11.8 Å². The highest BCUT2D eigenvalue weighted by Crippen LogP contribution is 2.42. The van der Waals surface area contributed by atoms with Crippen molar-refractivity contribution in [1.82, 2.24) is 15.2 Å². The number of nitrogen functional groups attached to an aromatic ring is 1. The summed E-state index contributed by atoms with van der Waals surface area (Å²) in [6.45, 7) is 0.575. The molecule has 0 radical (unpaired) electrons. The Morgan fingerprint density at radius 1 is 1.50 bits per heavy atom. The van der Waals surface area contributed by atoms with Gasteiger partial charge < -0.3 is 25.7 Å². The van der Waals surface area contributed by atoms with Gasteiger partial charge in [-0.3, -0.25) is 14.5 Å². The molecule has 0 spiro atoms. The van der Waals surface area contributed by atoms with E-state index in [9.17, 15) is 19.5 Å². The number of nitrogens with two attached hydrogens (primary N) is 1. The lowest BCUT2D eigenvalue weighted by atomic mass is 9.99. The molecule has 0 aliphatic carbocycles. The molecule has 2 saturated heterocycles. The summed E-state index contributed by atoms with van der Waals surface area (Å²) < 4.78 is 5.63. The standard InChI is InChI=1S/C17H19N5O6S2/c1-27-21-10(9-5-19-17(18)30-9)13(23)20-11-14(24)22-12(16(25)26)7(6-29-15(11)22)8-3-2-4-28-8/h5,8,11,15H,2-4,6H2,1H3,(H2,18,19)(H,20,23)(H,25,26)/t8?,11-,15-/m1/s1. The maximum atomic E-state index is 12.8. The van der Waals surface area contributed by atoms with E-state index in [2.05, 4.69) is 15.5 Å². The predicted molar refractivity (Wildman–Crippen MR) is 109 cm³/mol. The summed E-state index contributed by atoms with van der Waals surface area (Å²) >= 11 is 2.45. The van der Waals surface area contributed by atoms with Crippen molar-refractivity contribution >= 4 is 51.7 Å². The summed E-state index contributed by atoms with van der Waals surface area (Å²) in [5, 5.41) is 15.8. The quantitative estimate of drug-likeness (QED) is 0.306. The molecule has 4 rings (SSSR count). The van der Waals surface area contributed by atoms with Gasteiger partial charge in [-0.2, -0.15) is 0 Å². The van der Waals surface area contributed by atoms with Crippen LogP contribution in [-0.2, 0) is 24.0 Å². The number of β-lactam (4-membered cyclic amide) rings is 1. The molecule has 1 aromatic heterocycles. The van der Waals surface area contributed by atoms with Gasteiger partial charge in [0.05, 0.1) is 11.0 Å². The number of nitrogens with zero attached hydrogens (tertiary/aromatic N) is 3. The molecule has 2 amide bonds. The van der Waals surface area contributed by atoms with Gasteiger partial charge >= 0.3 is 5.97 Å². The average Bonchev–Trinajstić information content (AvgIpc) is 3.40. The van der Waals surface area contributed by atoms with Crippen LogP contribution < -0.4 is 11.1 Å². The number of anilines is 1. The molecule has 0 saturated carbocycles. The molecule has 4 heterocycles. The number of carboxylic acids is 1. The fraction of sp³-hybridized carbons (Fsp3) is 0.471. The van der Waals surface area contributed by atoms with Crippen molar-refractivity contribution in [2.24, 2.45) is 5.16 Å². The van der Waals surface area contributed by atoms with Gasteiger partial charge in [0.2, 0.25) is 0 Å². The van der Waals surface area contributed by atoms with Crippen molar-refractivity contribution in [2.75, 3.05) is 25.2 Å². The topological polar surface area (TPSA) is 156 Å². The number of ether oxygens (including phenoxy) is 1. The Bertz CT molecular complexity index is 954. The molecule has 1 aromatic rings. The number of aliphatic carboxylic acids is 1. The van der Waals surface area contributed by atoms with Crippen molar-refractivity contribution in [2.45, 2.75) is 30.4 Å². The maximum absolute atomic E-state index is 12.8. The molecule has 4 N–H and O–H groups in total. The Labute approximate surface area is 179 Å². The van der Waals surface area contributed by atoms with Crippen LogP contribution in [0.1, 0.15) is 17.7 Å². The van der Waals surface area contributed by atoms with E-state index >= 15 is 0 Å². The number of carbonyl (C=O) groups is 3. The van der Waals surface area contributed by atoms with Gasteiger partial charge in [0.15, 0.2) is 10.8 Å². The third-order valence-electron chi connectivity index (χ3n) is 4.96. The minimum absolute atomic E-state index is 0.0397. The third kappa shape index (κ3) is 3.52. The number of oxime groups is 1. The van der Waals surface area contributed by atoms with Crippen molar-refractivity contribution in [3.8, 4) is 0 Å². The van der Waals surface area contributed by atoms with E-state index in [1.807, 2.05) is 0 Å². The van der Waals surface area contributed by atoms with E-state index in [4.69, 9.17) is 15.3 Å². The molecule has 3 aliphatic heterocycles. The normalized spacial score (nSPS) is 26.3. The predicted octanol–water partition coefficient (Wildman–Crippen LogP) is -0.00660. The van der Waals surface area contributed by atoms with Crippen LogP contribution in [0.15, 0.2) is 22.6 Å². The fourth-order valence-corrected chi connectivity index (χ4v) is 5.71. The van der Waals surface area contributed by atoms with Gasteiger partial charge in [0, 0.05) is 18.6 Å². The van der Waals surface area contributed by atoms with Gasteiger partial charge in [-0.25, -0.2) is 9.78 Å². The lowest BCUT2D eigenvalue weighted by Gasteiger charge is -2.49. The minimum Gasteiger partial charge on any atom is -0.477 e. The summed E-state index contributed by atoms with van der Waals surface area (Å²) in [7, 11) is 1.29. The van der Waals surface area contributed by atoms with Gasteiger partial charge in [0.25, 0.3) is 11.8 Å². The second kappa shape index (κ2) is 8.24. The molecule has 3 aliphatic rings. The Kier molecular flexibility index (Phi) is 5.66. The molecule has 160 valence electrons. The number of aromatic nitrogens is 1. The number of carbonyl (C=O) groups excluding carboxylic acids is 2. The SMILES string of the molecule is CON=C(C(=O)N[C@@H]1C(=O)N2C(C(=O)O)=C(C3CCCO3)CS[C@H]12)c1cnc(N)s1. The number of thiazole rings is 1. The van der Waals surface area contributed by atoms with E-state index in [1.54, 1.807) is 0 Å². The number of fused-ring (bicyclic) bond motifs is 1. The third-order valence-corrected chi connectivity index (χ3v) is 7.10. The first-order valence-electron chi connectivity index (χ1n) is 9.08. The van der Waals surface area contributed by atoms with Gasteiger partial charge in [0.1, 0.15) is 24.2 Å². The first kappa shape index (κ1) is 20.6. The van der Waals surface area contributed by atoms with E-state index in [-0.39, 0.29) is 22.6 Å². The molecule has 0 aromatic carbocycles. The van der Waals surface area contributed by atoms with Crippen LogP contribution in [0.2, 0.25) is 0 Å². The first-order chi connectivity index (χ1) is 14.4. The number of nitrogens with one attached hydrogen (secondary N) is 1. The lowest BCUT2D eigenvalue weighted by Crippen LogP contribution is -2.71. The number of hydrogen-bond donors (Lipinski definition) is 3. The summed E-state index contributed by atoms with van der Waals surface area (Å²) in [6.07, 6.45) is 2.68. The van der Waals surface area contributed by atoms with E-state index in [1.165, 1.54) is 30.0 Å². The second-order valence-electron chi connectivity index (χ2n) is 6.73. The zero-order chi connectivity index (χ0) is 21.4. The number of rotatable bonds is 6. The van der Waals surface area contributed by atoms with Crippen molar-refractivity contribution in [3.63, 3.8) is 0 Å². The number of carboxylic acid groups (broad SMARTS) is 1. The minimum atomic E-state index is -1.18. The van der Waals surface area contributed by atoms with E-state index < -0.39 is 29.2 Å². The van der Waals surface area contributed by atoms with Gasteiger partial charge in [-0.1, -0.05) is 16.5 Å². The molecule has 0 bridgehead atoms. The molecule has 13 heteroatoms. The molecule has 1 unspecified atom stereocenters. The van der Waals surface area contributed by atoms with Crippen LogP contribution in [0, 0.1) is 0 Å². The summed E-state index contributed by atoms with van der Waals surface area (Å²) in [4.78, 5) is 47.7. The van der Waals surface area contributed by atoms with Crippen molar-refractivity contribution < 1.29 is 29.1 Å². The molecule has 2 fully saturated rings. The Morgan fingerprint density at radius 2 is 2.30 bits per heavy atom.